The van der Waals surface area contributed by atoms with Crippen molar-refractivity contribution < 1.29 is 9.18 Å². The Morgan fingerprint density at radius 2 is 1.92 bits per heavy atom. The van der Waals surface area contributed by atoms with Crippen molar-refractivity contribution in [1.29, 1.82) is 0 Å². The lowest BCUT2D eigenvalue weighted by Crippen LogP contribution is -2.28. The van der Waals surface area contributed by atoms with Gasteiger partial charge >= 0.3 is 0 Å². The third-order valence-electron chi connectivity index (χ3n) is 4.86. The van der Waals surface area contributed by atoms with Crippen molar-refractivity contribution >= 4 is 17.7 Å². The van der Waals surface area contributed by atoms with Crippen LogP contribution in [0.4, 0.5) is 4.39 Å². The van der Waals surface area contributed by atoms with Crippen LogP contribution in [0.2, 0.25) is 0 Å². The second kappa shape index (κ2) is 8.66. The maximum absolute atomic E-state index is 13.0. The molecule has 2 aromatic rings. The van der Waals surface area contributed by atoms with E-state index >= 15 is 0 Å². The van der Waals surface area contributed by atoms with Gasteiger partial charge in [0.25, 0.3) is 0 Å². The molecule has 1 aromatic carbocycles. The van der Waals surface area contributed by atoms with E-state index in [1.165, 1.54) is 43.2 Å². The number of aryl methyl sites for hydroxylation is 1. The molecule has 0 saturated heterocycles. The summed E-state index contributed by atoms with van der Waals surface area (Å²) in [6, 6.07) is 6.69. The molecule has 3 rings (SSSR count). The first-order valence-corrected chi connectivity index (χ1v) is 10.1. The molecule has 1 amide bonds. The zero-order chi connectivity index (χ0) is 18.5. The van der Waals surface area contributed by atoms with Crippen LogP contribution in [0.15, 0.2) is 29.4 Å². The topological polar surface area (TPSA) is 51.0 Å². The van der Waals surface area contributed by atoms with Gasteiger partial charge < -0.3 is 9.47 Å². The van der Waals surface area contributed by atoms with E-state index in [4.69, 9.17) is 0 Å². The lowest BCUT2D eigenvalue weighted by Gasteiger charge is -2.25. The molecule has 0 radical (unpaired) electrons. The highest BCUT2D eigenvalue weighted by atomic mass is 32.2. The fraction of sp³-hybridized carbons (Fsp3) is 0.526. The van der Waals surface area contributed by atoms with Crippen LogP contribution in [0.3, 0.4) is 0 Å². The summed E-state index contributed by atoms with van der Waals surface area (Å²) >= 11 is 1.45. The molecule has 0 spiro atoms. The first kappa shape index (κ1) is 18.9. The second-order valence-corrected chi connectivity index (χ2v) is 7.80. The minimum absolute atomic E-state index is 0.0233. The molecule has 0 atom stereocenters. The zero-order valence-corrected chi connectivity index (χ0v) is 16.1. The molecule has 0 aliphatic heterocycles. The normalized spacial score (nSPS) is 15.2. The third kappa shape index (κ3) is 4.63. The summed E-state index contributed by atoms with van der Waals surface area (Å²) in [7, 11) is 1.77. The van der Waals surface area contributed by atoms with E-state index in [1.54, 1.807) is 24.1 Å². The molecule has 0 unspecified atom stereocenters. The smallest absolute Gasteiger partial charge is 0.233 e. The van der Waals surface area contributed by atoms with Gasteiger partial charge in [0.05, 0.1) is 5.75 Å². The van der Waals surface area contributed by atoms with Gasteiger partial charge in [-0.3, -0.25) is 4.79 Å². The molecule has 140 valence electrons. The molecular formula is C19H25FN4OS. The summed E-state index contributed by atoms with van der Waals surface area (Å²) in [5, 5.41) is 9.33. The number of halogens is 1. The molecule has 5 nitrogen and oxygen atoms in total. The molecule has 1 heterocycles. The Morgan fingerprint density at radius 3 is 2.62 bits per heavy atom. The molecule has 1 aliphatic carbocycles. The van der Waals surface area contributed by atoms with Gasteiger partial charge in [-0.1, -0.05) is 43.2 Å². The maximum Gasteiger partial charge on any atom is 0.233 e. The zero-order valence-electron chi connectivity index (χ0n) is 15.3. The molecule has 1 saturated carbocycles. The van der Waals surface area contributed by atoms with Gasteiger partial charge in [-0.25, -0.2) is 4.39 Å². The van der Waals surface area contributed by atoms with Crippen LogP contribution >= 0.6 is 11.8 Å². The van der Waals surface area contributed by atoms with Crippen molar-refractivity contribution in [1.82, 2.24) is 19.7 Å². The largest absolute Gasteiger partial charge is 0.341 e. The Labute approximate surface area is 158 Å². The quantitative estimate of drug-likeness (QED) is 0.716. The minimum Gasteiger partial charge on any atom is -0.341 e. The van der Waals surface area contributed by atoms with E-state index in [2.05, 4.69) is 14.8 Å². The highest BCUT2D eigenvalue weighted by Gasteiger charge is 2.22. The summed E-state index contributed by atoms with van der Waals surface area (Å²) in [5.41, 5.74) is 0.911. The van der Waals surface area contributed by atoms with Crippen LogP contribution in [0, 0.1) is 12.7 Å². The van der Waals surface area contributed by atoms with Crippen molar-refractivity contribution in [3.63, 3.8) is 0 Å². The number of amides is 1. The van der Waals surface area contributed by atoms with E-state index < -0.39 is 0 Å². The van der Waals surface area contributed by atoms with Crippen molar-refractivity contribution in [2.45, 2.75) is 56.8 Å². The highest BCUT2D eigenvalue weighted by Crippen LogP contribution is 2.32. The molecule has 7 heteroatoms. The number of benzene rings is 1. The van der Waals surface area contributed by atoms with Gasteiger partial charge in [-0.05, 0) is 37.5 Å². The summed E-state index contributed by atoms with van der Waals surface area (Å²) < 4.78 is 15.2. The van der Waals surface area contributed by atoms with Crippen LogP contribution in [-0.4, -0.2) is 38.4 Å². The Morgan fingerprint density at radius 1 is 1.23 bits per heavy atom. The van der Waals surface area contributed by atoms with Gasteiger partial charge in [0.1, 0.15) is 11.6 Å². The van der Waals surface area contributed by atoms with E-state index in [0.29, 0.717) is 18.3 Å². The van der Waals surface area contributed by atoms with E-state index in [0.717, 1.165) is 29.4 Å². The van der Waals surface area contributed by atoms with E-state index in [9.17, 15) is 9.18 Å². The minimum atomic E-state index is -0.268. The number of thioether (sulfide) groups is 1. The monoisotopic (exact) mass is 376 g/mol. The van der Waals surface area contributed by atoms with Crippen LogP contribution in [0.1, 0.15) is 49.5 Å². The standard InChI is InChI=1S/C19H25FN4OS/c1-14-21-22-19(24(14)17-6-4-3-5-7-17)26-13-18(25)23(2)12-15-8-10-16(20)11-9-15/h8-11,17H,3-7,12-13H2,1-2H3. The first-order valence-electron chi connectivity index (χ1n) is 9.07. The maximum atomic E-state index is 13.0. The molecule has 1 aromatic heterocycles. The summed E-state index contributed by atoms with van der Waals surface area (Å²) in [6.45, 7) is 2.45. The molecule has 0 bridgehead atoms. The van der Waals surface area contributed by atoms with Gasteiger partial charge in [-0.2, -0.15) is 0 Å². The Kier molecular flexibility index (Phi) is 6.29. The second-order valence-electron chi connectivity index (χ2n) is 6.86. The van der Waals surface area contributed by atoms with Crippen LogP contribution in [0.25, 0.3) is 0 Å². The number of aromatic nitrogens is 3. The Bertz CT molecular complexity index is 740. The predicted octanol–water partition coefficient (Wildman–Crippen LogP) is 3.98. The lowest BCUT2D eigenvalue weighted by molar-refractivity contribution is -0.127. The van der Waals surface area contributed by atoms with Crippen molar-refractivity contribution in [3.8, 4) is 0 Å². The fourth-order valence-corrected chi connectivity index (χ4v) is 4.39. The lowest BCUT2D eigenvalue weighted by atomic mass is 9.95. The number of hydrogen-bond donors (Lipinski definition) is 0. The van der Waals surface area contributed by atoms with Crippen LogP contribution < -0.4 is 0 Å². The van der Waals surface area contributed by atoms with E-state index in [1.807, 2.05) is 6.92 Å². The molecule has 1 fully saturated rings. The third-order valence-corrected chi connectivity index (χ3v) is 5.79. The number of hydrogen-bond acceptors (Lipinski definition) is 4. The van der Waals surface area contributed by atoms with Crippen LogP contribution in [0.5, 0.6) is 0 Å². The highest BCUT2D eigenvalue weighted by molar-refractivity contribution is 7.99. The number of carbonyl (C=O) groups is 1. The van der Waals surface area contributed by atoms with E-state index in [-0.39, 0.29) is 11.7 Å². The molecule has 0 N–H and O–H groups in total. The average molecular weight is 377 g/mol. The molecule has 1 aliphatic rings. The number of rotatable bonds is 6. The fourth-order valence-electron chi connectivity index (χ4n) is 3.40. The Hall–Kier alpha value is -1.89. The summed E-state index contributed by atoms with van der Waals surface area (Å²) in [4.78, 5) is 14.1. The molecular weight excluding hydrogens is 351 g/mol. The summed E-state index contributed by atoms with van der Waals surface area (Å²) in [5.74, 6) is 1.00. The van der Waals surface area contributed by atoms with Crippen LogP contribution in [-0.2, 0) is 11.3 Å². The van der Waals surface area contributed by atoms with Gasteiger partial charge in [0.15, 0.2) is 5.16 Å². The molecule has 26 heavy (non-hydrogen) atoms. The van der Waals surface area contributed by atoms with Gasteiger partial charge in [0.2, 0.25) is 5.91 Å². The number of nitrogens with zero attached hydrogens (tertiary/aromatic N) is 4. The van der Waals surface area contributed by atoms with Crippen molar-refractivity contribution in [2.75, 3.05) is 12.8 Å². The Balaban J connectivity index is 1.58. The van der Waals surface area contributed by atoms with Crippen molar-refractivity contribution in [2.24, 2.45) is 0 Å². The van der Waals surface area contributed by atoms with Crippen molar-refractivity contribution in [3.05, 3.63) is 41.5 Å². The predicted molar refractivity (Wildman–Crippen MR) is 100 cm³/mol. The van der Waals surface area contributed by atoms with Gasteiger partial charge in [0, 0.05) is 19.6 Å². The number of carbonyl (C=O) groups excluding carboxylic acids is 1. The summed E-state index contributed by atoms with van der Waals surface area (Å²) in [6.07, 6.45) is 6.10. The SMILES string of the molecule is Cc1nnc(SCC(=O)N(C)Cc2ccc(F)cc2)n1C1CCCCC1. The van der Waals surface area contributed by atoms with Gasteiger partial charge in [-0.15, -0.1) is 10.2 Å². The average Bonchev–Trinajstić information content (AvgIpc) is 3.02. The first-order chi connectivity index (χ1) is 12.5.